The van der Waals surface area contributed by atoms with E-state index in [-0.39, 0.29) is 0 Å². The normalized spacial score (nSPS) is 11.8. The Balaban J connectivity index is 1.91. The number of nitrogens with zero attached hydrogens (tertiary/aromatic N) is 4. The van der Waals surface area contributed by atoms with Crippen LogP contribution in [0.3, 0.4) is 0 Å². The molecule has 2 rings (SSSR count). The maximum atomic E-state index is 4.42. The van der Waals surface area contributed by atoms with E-state index < -0.39 is 0 Å². The van der Waals surface area contributed by atoms with Crippen molar-refractivity contribution in [3.05, 3.63) is 41.0 Å². The van der Waals surface area contributed by atoms with Gasteiger partial charge in [-0.05, 0) is 25.5 Å². The monoisotopic (exact) mass is 288 g/mol. The van der Waals surface area contributed by atoms with Gasteiger partial charge in [0.25, 0.3) is 0 Å². The number of guanidine groups is 1. The Hall–Kier alpha value is -2.24. The van der Waals surface area contributed by atoms with Crippen LogP contribution < -0.4 is 10.6 Å². The van der Waals surface area contributed by atoms with Gasteiger partial charge in [-0.2, -0.15) is 5.10 Å². The van der Waals surface area contributed by atoms with Crippen LogP contribution in [0.1, 0.15) is 22.5 Å². The van der Waals surface area contributed by atoms with E-state index in [2.05, 4.69) is 39.9 Å². The molecule has 0 aliphatic heterocycles. The van der Waals surface area contributed by atoms with Gasteiger partial charge in [0, 0.05) is 57.9 Å². The Morgan fingerprint density at radius 1 is 1.24 bits per heavy atom. The first-order chi connectivity index (χ1) is 10.0. The van der Waals surface area contributed by atoms with Crippen molar-refractivity contribution in [3.8, 4) is 0 Å². The van der Waals surface area contributed by atoms with E-state index >= 15 is 0 Å². The van der Waals surface area contributed by atoms with E-state index in [1.54, 1.807) is 7.05 Å². The summed E-state index contributed by atoms with van der Waals surface area (Å²) in [6.07, 6.45) is 4.13. The fraction of sp³-hybridized carbons (Fsp3) is 0.467. The lowest BCUT2D eigenvalue weighted by Gasteiger charge is -2.11. The topological polar surface area (TPSA) is 59.2 Å². The molecule has 2 heterocycles. The lowest BCUT2D eigenvalue weighted by Crippen LogP contribution is -2.36. The Labute approximate surface area is 125 Å². The lowest BCUT2D eigenvalue weighted by atomic mass is 10.2. The molecule has 21 heavy (non-hydrogen) atoms. The zero-order chi connectivity index (χ0) is 15.4. The molecule has 0 fully saturated rings. The van der Waals surface area contributed by atoms with Crippen molar-refractivity contribution in [2.24, 2.45) is 19.1 Å². The molecule has 0 unspecified atom stereocenters. The van der Waals surface area contributed by atoms with Gasteiger partial charge in [0.05, 0.1) is 5.69 Å². The van der Waals surface area contributed by atoms with E-state index in [4.69, 9.17) is 0 Å². The summed E-state index contributed by atoms with van der Waals surface area (Å²) in [6.45, 7) is 5.59. The van der Waals surface area contributed by atoms with Crippen LogP contribution >= 0.6 is 0 Å². The van der Waals surface area contributed by atoms with Crippen molar-refractivity contribution >= 4 is 5.96 Å². The molecule has 0 radical (unpaired) electrons. The molecular formula is C15H24N6. The van der Waals surface area contributed by atoms with E-state index in [9.17, 15) is 0 Å². The molecule has 0 amide bonds. The summed E-state index contributed by atoms with van der Waals surface area (Å²) in [5, 5.41) is 11.1. The second-order valence-corrected chi connectivity index (χ2v) is 5.24. The molecule has 2 N–H and O–H groups in total. The minimum atomic E-state index is 0.722. The second-order valence-electron chi connectivity index (χ2n) is 5.24. The highest BCUT2D eigenvalue weighted by atomic mass is 15.3. The predicted octanol–water partition coefficient (Wildman–Crippen LogP) is 1.24. The van der Waals surface area contributed by atoms with Crippen molar-refractivity contribution in [2.75, 3.05) is 7.05 Å². The van der Waals surface area contributed by atoms with Crippen LogP contribution in [0.15, 0.2) is 23.5 Å². The zero-order valence-corrected chi connectivity index (χ0v) is 13.4. The standard InChI is InChI=1S/C15H24N6/c1-11-14(12(2)21(5)19-11)9-18-15(16-3)17-8-13-6-7-20(4)10-13/h6-7,10H,8-9H2,1-5H3,(H2,16,17,18). The largest absolute Gasteiger partial charge is 0.357 e. The Kier molecular flexibility index (Phi) is 4.67. The van der Waals surface area contributed by atoms with Gasteiger partial charge in [-0.25, -0.2) is 0 Å². The molecule has 2 aromatic rings. The van der Waals surface area contributed by atoms with Gasteiger partial charge in [0.1, 0.15) is 0 Å². The summed E-state index contributed by atoms with van der Waals surface area (Å²) in [7, 11) is 5.77. The number of aromatic nitrogens is 3. The van der Waals surface area contributed by atoms with Crippen molar-refractivity contribution < 1.29 is 0 Å². The predicted molar refractivity (Wildman–Crippen MR) is 85.1 cm³/mol. The van der Waals surface area contributed by atoms with Gasteiger partial charge in [-0.3, -0.25) is 9.67 Å². The second kappa shape index (κ2) is 6.47. The van der Waals surface area contributed by atoms with Crippen molar-refractivity contribution in [2.45, 2.75) is 26.9 Å². The Morgan fingerprint density at radius 2 is 1.95 bits per heavy atom. The number of hydrogen-bond donors (Lipinski definition) is 2. The van der Waals surface area contributed by atoms with E-state index in [1.807, 2.05) is 36.5 Å². The average molecular weight is 288 g/mol. The third-order valence-electron chi connectivity index (χ3n) is 3.67. The third kappa shape index (κ3) is 3.65. The Morgan fingerprint density at radius 3 is 2.48 bits per heavy atom. The molecule has 0 aromatic carbocycles. The highest BCUT2D eigenvalue weighted by Crippen LogP contribution is 2.11. The molecule has 0 atom stereocenters. The lowest BCUT2D eigenvalue weighted by molar-refractivity contribution is 0.728. The maximum absolute atomic E-state index is 4.42. The van der Waals surface area contributed by atoms with Crippen molar-refractivity contribution in [1.29, 1.82) is 0 Å². The summed E-state index contributed by atoms with van der Waals surface area (Å²) >= 11 is 0. The quantitative estimate of drug-likeness (QED) is 0.657. The fourth-order valence-electron chi connectivity index (χ4n) is 2.32. The molecule has 0 bridgehead atoms. The Bertz CT molecular complexity index is 635. The van der Waals surface area contributed by atoms with Gasteiger partial charge < -0.3 is 15.2 Å². The van der Waals surface area contributed by atoms with Crippen LogP contribution in [0.5, 0.6) is 0 Å². The summed E-state index contributed by atoms with van der Waals surface area (Å²) in [4.78, 5) is 4.25. The smallest absolute Gasteiger partial charge is 0.191 e. The number of aryl methyl sites for hydroxylation is 3. The molecule has 6 heteroatoms. The first-order valence-corrected chi connectivity index (χ1v) is 7.05. The molecule has 0 spiro atoms. The maximum Gasteiger partial charge on any atom is 0.191 e. The number of nitrogens with one attached hydrogen (secondary N) is 2. The molecule has 114 valence electrons. The van der Waals surface area contributed by atoms with Crippen molar-refractivity contribution in [1.82, 2.24) is 25.0 Å². The first-order valence-electron chi connectivity index (χ1n) is 7.05. The molecule has 0 saturated carbocycles. The molecule has 0 saturated heterocycles. The van der Waals surface area contributed by atoms with E-state index in [0.717, 1.165) is 24.7 Å². The number of hydrogen-bond acceptors (Lipinski definition) is 2. The molecule has 6 nitrogen and oxygen atoms in total. The van der Waals surface area contributed by atoms with Gasteiger partial charge in [-0.1, -0.05) is 0 Å². The molecular weight excluding hydrogens is 264 g/mol. The molecule has 0 aliphatic carbocycles. The average Bonchev–Trinajstić information content (AvgIpc) is 2.96. The van der Waals surface area contributed by atoms with Gasteiger partial charge in [-0.15, -0.1) is 0 Å². The van der Waals surface area contributed by atoms with Gasteiger partial charge in [0.15, 0.2) is 5.96 Å². The van der Waals surface area contributed by atoms with Crippen LogP contribution in [-0.4, -0.2) is 27.4 Å². The summed E-state index contributed by atoms with van der Waals surface area (Å²) < 4.78 is 3.95. The summed E-state index contributed by atoms with van der Waals surface area (Å²) in [5.41, 5.74) is 4.69. The van der Waals surface area contributed by atoms with Crippen LogP contribution in [-0.2, 0) is 27.2 Å². The third-order valence-corrected chi connectivity index (χ3v) is 3.67. The fourth-order valence-corrected chi connectivity index (χ4v) is 2.32. The first kappa shape index (κ1) is 15.2. The summed E-state index contributed by atoms with van der Waals surface area (Å²) in [5.74, 6) is 0.793. The number of rotatable bonds is 4. The SMILES string of the molecule is CN=C(NCc1ccn(C)c1)NCc1c(C)nn(C)c1C. The summed E-state index contributed by atoms with van der Waals surface area (Å²) in [6, 6.07) is 2.09. The van der Waals surface area contributed by atoms with Crippen LogP contribution in [0.4, 0.5) is 0 Å². The highest BCUT2D eigenvalue weighted by Gasteiger charge is 2.09. The van der Waals surface area contributed by atoms with Crippen LogP contribution in [0.2, 0.25) is 0 Å². The highest BCUT2D eigenvalue weighted by molar-refractivity contribution is 5.79. The number of aliphatic imine (C=N–C) groups is 1. The van der Waals surface area contributed by atoms with Gasteiger partial charge in [0.2, 0.25) is 0 Å². The minimum absolute atomic E-state index is 0.722. The van der Waals surface area contributed by atoms with Crippen LogP contribution in [0, 0.1) is 13.8 Å². The van der Waals surface area contributed by atoms with E-state index in [0.29, 0.717) is 0 Å². The van der Waals surface area contributed by atoms with Crippen molar-refractivity contribution in [3.63, 3.8) is 0 Å². The van der Waals surface area contributed by atoms with E-state index in [1.165, 1.54) is 16.8 Å². The van der Waals surface area contributed by atoms with Gasteiger partial charge >= 0.3 is 0 Å². The van der Waals surface area contributed by atoms with Crippen LogP contribution in [0.25, 0.3) is 0 Å². The molecule has 2 aromatic heterocycles. The minimum Gasteiger partial charge on any atom is -0.357 e. The zero-order valence-electron chi connectivity index (χ0n) is 13.4. The molecule has 0 aliphatic rings.